The Hall–Kier alpha value is -1.35. The lowest BCUT2D eigenvalue weighted by Gasteiger charge is -2.26. The first-order valence-electron chi connectivity index (χ1n) is 8.23. The molecule has 0 saturated carbocycles. The Morgan fingerprint density at radius 1 is 1.14 bits per heavy atom. The maximum Gasteiger partial charge on any atom is 0.219 e. The zero-order valence-electron chi connectivity index (χ0n) is 13.4. The molecule has 3 nitrogen and oxygen atoms in total. The predicted molar refractivity (Wildman–Crippen MR) is 87.4 cm³/mol. The summed E-state index contributed by atoms with van der Waals surface area (Å²) in [5, 5.41) is 0. The van der Waals surface area contributed by atoms with Crippen molar-refractivity contribution in [2.24, 2.45) is 0 Å². The van der Waals surface area contributed by atoms with Crippen LogP contribution in [0.15, 0.2) is 30.3 Å². The average Bonchev–Trinajstić information content (AvgIpc) is 2.73. The second kappa shape index (κ2) is 8.18. The van der Waals surface area contributed by atoms with Crippen molar-refractivity contribution in [2.45, 2.75) is 39.0 Å². The van der Waals surface area contributed by atoms with Crippen LogP contribution in [0.3, 0.4) is 0 Å². The largest absolute Gasteiger partial charge is 0.342 e. The van der Waals surface area contributed by atoms with Gasteiger partial charge in [-0.3, -0.25) is 4.79 Å². The fourth-order valence-electron chi connectivity index (χ4n) is 3.22. The molecule has 0 aliphatic carbocycles. The highest BCUT2D eigenvalue weighted by molar-refractivity contribution is 5.73. The highest BCUT2D eigenvalue weighted by Crippen LogP contribution is 2.23. The highest BCUT2D eigenvalue weighted by Gasteiger charge is 2.20. The second-order valence-electron chi connectivity index (χ2n) is 6.06. The molecule has 0 aromatic heterocycles. The van der Waals surface area contributed by atoms with Gasteiger partial charge in [0.05, 0.1) is 0 Å². The summed E-state index contributed by atoms with van der Waals surface area (Å²) in [5.41, 5.74) is 1.45. The molecule has 1 aliphatic heterocycles. The summed E-state index contributed by atoms with van der Waals surface area (Å²) in [6, 6.07) is 10.9. The van der Waals surface area contributed by atoms with Crippen molar-refractivity contribution in [3.63, 3.8) is 0 Å². The predicted octanol–water partition coefficient (Wildman–Crippen LogP) is 3.12. The van der Waals surface area contributed by atoms with Gasteiger partial charge in [0.25, 0.3) is 0 Å². The topological polar surface area (TPSA) is 23.6 Å². The van der Waals surface area contributed by atoms with Gasteiger partial charge < -0.3 is 9.80 Å². The molecule has 1 heterocycles. The second-order valence-corrected chi connectivity index (χ2v) is 6.06. The van der Waals surface area contributed by atoms with E-state index in [1.165, 1.54) is 18.4 Å². The summed E-state index contributed by atoms with van der Waals surface area (Å²) < 4.78 is 0. The normalized spacial score (nSPS) is 18.3. The van der Waals surface area contributed by atoms with Crippen molar-refractivity contribution in [1.82, 2.24) is 9.80 Å². The van der Waals surface area contributed by atoms with Crippen LogP contribution in [0.1, 0.15) is 44.6 Å². The Balaban J connectivity index is 1.96. The molecule has 0 N–H and O–H groups in total. The number of benzene rings is 1. The van der Waals surface area contributed by atoms with Crippen LogP contribution in [0, 0.1) is 0 Å². The molecule has 1 atom stereocenters. The minimum atomic E-state index is 0.213. The van der Waals surface area contributed by atoms with Crippen molar-refractivity contribution in [3.05, 3.63) is 35.9 Å². The summed E-state index contributed by atoms with van der Waals surface area (Å²) in [7, 11) is 0. The summed E-state index contributed by atoms with van der Waals surface area (Å²) in [5.74, 6) is 0.824. The van der Waals surface area contributed by atoms with Gasteiger partial charge >= 0.3 is 0 Å². The number of amides is 1. The van der Waals surface area contributed by atoms with Crippen molar-refractivity contribution >= 4 is 5.91 Å². The average molecular weight is 288 g/mol. The monoisotopic (exact) mass is 288 g/mol. The zero-order chi connectivity index (χ0) is 15.1. The molecule has 3 heteroatoms. The molecule has 1 unspecified atom stereocenters. The number of nitrogens with zero attached hydrogens (tertiary/aromatic N) is 2. The molecule has 1 fully saturated rings. The van der Waals surface area contributed by atoms with Crippen LogP contribution in [-0.4, -0.2) is 48.4 Å². The van der Waals surface area contributed by atoms with Gasteiger partial charge in [-0.1, -0.05) is 43.7 Å². The first kappa shape index (κ1) is 16.0. The molecule has 0 spiro atoms. The first-order chi connectivity index (χ1) is 10.2. The van der Waals surface area contributed by atoms with E-state index in [0.29, 0.717) is 5.92 Å². The first-order valence-corrected chi connectivity index (χ1v) is 8.23. The third kappa shape index (κ3) is 4.85. The van der Waals surface area contributed by atoms with Crippen LogP contribution < -0.4 is 0 Å². The fourth-order valence-corrected chi connectivity index (χ4v) is 3.22. The van der Waals surface area contributed by atoms with E-state index in [9.17, 15) is 4.79 Å². The Morgan fingerprint density at radius 3 is 2.57 bits per heavy atom. The standard InChI is InChI=1S/C18H28N2O/c1-3-8-18(17-9-5-4-6-10-17)15-19-11-7-12-20(14-13-19)16(2)21/h4-6,9-10,18H,3,7-8,11-15H2,1-2H3. The molecule has 0 bridgehead atoms. The van der Waals surface area contributed by atoms with Crippen LogP contribution in [0.2, 0.25) is 0 Å². The summed E-state index contributed by atoms with van der Waals surface area (Å²) in [6.07, 6.45) is 3.54. The molecule has 1 aromatic rings. The molecular weight excluding hydrogens is 260 g/mol. The molecule has 0 radical (unpaired) electrons. The minimum absolute atomic E-state index is 0.213. The maximum atomic E-state index is 11.5. The minimum Gasteiger partial charge on any atom is -0.342 e. The smallest absolute Gasteiger partial charge is 0.219 e. The third-order valence-corrected chi connectivity index (χ3v) is 4.42. The van der Waals surface area contributed by atoms with E-state index in [1.807, 2.05) is 4.90 Å². The van der Waals surface area contributed by atoms with Crippen molar-refractivity contribution < 1.29 is 4.79 Å². The van der Waals surface area contributed by atoms with E-state index in [0.717, 1.165) is 39.1 Å². The number of hydrogen-bond acceptors (Lipinski definition) is 2. The van der Waals surface area contributed by atoms with E-state index < -0.39 is 0 Å². The quantitative estimate of drug-likeness (QED) is 0.831. The molecule has 116 valence electrons. The van der Waals surface area contributed by atoms with Crippen LogP contribution in [-0.2, 0) is 4.79 Å². The zero-order valence-corrected chi connectivity index (χ0v) is 13.4. The van der Waals surface area contributed by atoms with E-state index >= 15 is 0 Å². The fraction of sp³-hybridized carbons (Fsp3) is 0.611. The number of carbonyl (C=O) groups excluding carboxylic acids is 1. The SMILES string of the molecule is CCCC(CN1CCCN(C(C)=O)CC1)c1ccccc1. The third-order valence-electron chi connectivity index (χ3n) is 4.42. The Bertz CT molecular complexity index is 432. The number of carbonyl (C=O) groups is 1. The summed E-state index contributed by atoms with van der Waals surface area (Å²) in [4.78, 5) is 16.0. The lowest BCUT2D eigenvalue weighted by molar-refractivity contribution is -0.128. The van der Waals surface area contributed by atoms with Gasteiger partial charge in [-0.2, -0.15) is 0 Å². The molecule has 1 aromatic carbocycles. The lowest BCUT2D eigenvalue weighted by Crippen LogP contribution is -2.35. The van der Waals surface area contributed by atoms with Gasteiger partial charge in [-0.05, 0) is 30.9 Å². The van der Waals surface area contributed by atoms with Gasteiger partial charge in [0.1, 0.15) is 0 Å². The molecular formula is C18H28N2O. The van der Waals surface area contributed by atoms with Crippen LogP contribution in [0.25, 0.3) is 0 Å². The van der Waals surface area contributed by atoms with Gasteiger partial charge in [0.2, 0.25) is 5.91 Å². The van der Waals surface area contributed by atoms with E-state index in [4.69, 9.17) is 0 Å². The Morgan fingerprint density at radius 2 is 1.90 bits per heavy atom. The maximum absolute atomic E-state index is 11.5. The van der Waals surface area contributed by atoms with Crippen LogP contribution in [0.4, 0.5) is 0 Å². The number of rotatable bonds is 5. The highest BCUT2D eigenvalue weighted by atomic mass is 16.2. The van der Waals surface area contributed by atoms with Gasteiger partial charge in [-0.15, -0.1) is 0 Å². The van der Waals surface area contributed by atoms with Gasteiger partial charge in [0, 0.05) is 33.1 Å². The van der Waals surface area contributed by atoms with Gasteiger partial charge in [0.15, 0.2) is 0 Å². The van der Waals surface area contributed by atoms with Crippen molar-refractivity contribution in [3.8, 4) is 0 Å². The lowest BCUT2D eigenvalue weighted by atomic mass is 9.94. The molecule has 21 heavy (non-hydrogen) atoms. The summed E-state index contributed by atoms with van der Waals surface area (Å²) in [6.45, 7) is 8.96. The van der Waals surface area contributed by atoms with Gasteiger partial charge in [-0.25, -0.2) is 0 Å². The molecule has 1 amide bonds. The van der Waals surface area contributed by atoms with Crippen molar-refractivity contribution in [2.75, 3.05) is 32.7 Å². The molecule has 1 aliphatic rings. The molecule has 1 saturated heterocycles. The van der Waals surface area contributed by atoms with Crippen LogP contribution in [0.5, 0.6) is 0 Å². The van der Waals surface area contributed by atoms with E-state index in [1.54, 1.807) is 6.92 Å². The Labute approximate surface area is 128 Å². The Kier molecular flexibility index (Phi) is 6.24. The molecule has 2 rings (SSSR count). The van der Waals surface area contributed by atoms with Crippen LogP contribution >= 0.6 is 0 Å². The van der Waals surface area contributed by atoms with E-state index in [-0.39, 0.29) is 5.91 Å². The van der Waals surface area contributed by atoms with E-state index in [2.05, 4.69) is 42.2 Å². The number of hydrogen-bond donors (Lipinski definition) is 0. The summed E-state index contributed by atoms with van der Waals surface area (Å²) >= 11 is 0. The van der Waals surface area contributed by atoms with Crippen molar-refractivity contribution in [1.29, 1.82) is 0 Å².